The van der Waals surface area contributed by atoms with E-state index in [0.717, 1.165) is 11.4 Å². The monoisotopic (exact) mass is 411 g/mol. The number of amidine groups is 1. The van der Waals surface area contributed by atoms with Gasteiger partial charge in [0, 0.05) is 23.8 Å². The fourth-order valence-corrected chi connectivity index (χ4v) is 2.51. The highest BCUT2D eigenvalue weighted by molar-refractivity contribution is 9.10. The molecule has 4 N–H and O–H groups in total. The molecule has 3 rings (SSSR count). The van der Waals surface area contributed by atoms with Crippen molar-refractivity contribution >= 4 is 33.7 Å². The molecular formula is C19H16BrN4O2+. The van der Waals surface area contributed by atoms with Crippen molar-refractivity contribution in [3.05, 3.63) is 82.6 Å². The van der Waals surface area contributed by atoms with Gasteiger partial charge in [0.05, 0.1) is 16.4 Å². The molecule has 0 saturated carbocycles. The number of hydrogen-bond acceptors (Lipinski definition) is 4. The number of phenolic OH excluding ortho intramolecular Hbond substituents is 2. The average molecular weight is 412 g/mol. The number of nitrogens with zero attached hydrogens (tertiary/aromatic N) is 2. The number of nitrogens with one attached hydrogen (secondary N) is 2. The molecule has 0 unspecified atom stereocenters. The van der Waals surface area contributed by atoms with E-state index in [2.05, 4.69) is 36.4 Å². The fraction of sp³-hybridized carbons (Fsp3) is 0. The number of halogens is 1. The maximum Gasteiger partial charge on any atom is 0.248 e. The summed E-state index contributed by atoms with van der Waals surface area (Å²) in [6, 6.07) is 18.0. The molecule has 0 bridgehead atoms. The zero-order valence-electron chi connectivity index (χ0n) is 13.6. The molecule has 0 saturated heterocycles. The number of phenols is 2. The second kappa shape index (κ2) is 8.26. The molecule has 2 aromatic carbocycles. The van der Waals surface area contributed by atoms with E-state index in [0.29, 0.717) is 15.9 Å². The van der Waals surface area contributed by atoms with E-state index in [-0.39, 0.29) is 11.5 Å². The van der Waals surface area contributed by atoms with Crippen molar-refractivity contribution in [2.45, 2.75) is 0 Å². The number of H-pyrrole nitrogens is 1. The van der Waals surface area contributed by atoms with E-state index in [1.165, 1.54) is 12.3 Å². The minimum atomic E-state index is -0.0796. The molecule has 26 heavy (non-hydrogen) atoms. The second-order valence-corrected chi connectivity index (χ2v) is 6.16. The lowest BCUT2D eigenvalue weighted by molar-refractivity contribution is -0.380. The summed E-state index contributed by atoms with van der Waals surface area (Å²) in [5, 5.41) is 23.6. The van der Waals surface area contributed by atoms with Crippen LogP contribution in [0.5, 0.6) is 11.5 Å². The van der Waals surface area contributed by atoms with E-state index >= 15 is 0 Å². The third kappa shape index (κ3) is 4.46. The quantitative estimate of drug-likeness (QED) is 0.349. The van der Waals surface area contributed by atoms with Gasteiger partial charge in [-0.25, -0.2) is 9.98 Å². The van der Waals surface area contributed by atoms with Gasteiger partial charge in [0.15, 0.2) is 6.20 Å². The highest BCUT2D eigenvalue weighted by atomic mass is 79.9. The number of hydrogen-bond donors (Lipinski definition) is 3. The summed E-state index contributed by atoms with van der Waals surface area (Å²) in [7, 11) is 0. The third-order valence-corrected chi connectivity index (χ3v) is 4.07. The second-order valence-electron chi connectivity index (χ2n) is 5.30. The van der Waals surface area contributed by atoms with Crippen LogP contribution in [0.1, 0.15) is 11.3 Å². The first-order valence-electron chi connectivity index (χ1n) is 7.75. The number of rotatable bonds is 4. The molecule has 0 aliphatic rings. The van der Waals surface area contributed by atoms with Crippen LogP contribution in [0.2, 0.25) is 0 Å². The molecular weight excluding hydrogens is 396 g/mol. The average Bonchev–Trinajstić information content (AvgIpc) is 2.66. The SMILES string of the molecule is Oc1cc(O)c(/C=N/NC(=Nc2ccccc2)c2cccc[nH+]2)cc1Br. The van der Waals surface area contributed by atoms with E-state index in [9.17, 15) is 10.2 Å². The number of aliphatic imine (C=N–C) groups is 1. The summed E-state index contributed by atoms with van der Waals surface area (Å²) in [6.45, 7) is 0. The fourth-order valence-electron chi connectivity index (χ4n) is 2.15. The van der Waals surface area contributed by atoms with E-state index in [1.807, 2.05) is 48.5 Å². The topological polar surface area (TPSA) is 91.3 Å². The van der Waals surface area contributed by atoms with E-state index in [4.69, 9.17) is 0 Å². The Kier molecular flexibility index (Phi) is 5.60. The van der Waals surface area contributed by atoms with Gasteiger partial charge in [-0.05, 0) is 40.2 Å². The Balaban J connectivity index is 1.87. The number of hydrazone groups is 1. The minimum absolute atomic E-state index is 0.0437. The van der Waals surface area contributed by atoms with Crippen molar-refractivity contribution in [2.24, 2.45) is 10.1 Å². The van der Waals surface area contributed by atoms with Crippen LogP contribution in [-0.2, 0) is 0 Å². The highest BCUT2D eigenvalue weighted by Gasteiger charge is 2.10. The first-order valence-corrected chi connectivity index (χ1v) is 8.54. The summed E-state index contributed by atoms with van der Waals surface area (Å²) in [5.41, 5.74) is 4.87. The molecule has 0 fully saturated rings. The lowest BCUT2D eigenvalue weighted by Gasteiger charge is -2.04. The molecule has 0 amide bonds. The number of aromatic nitrogens is 1. The Morgan fingerprint density at radius 3 is 2.50 bits per heavy atom. The Hall–Kier alpha value is -3.19. The summed E-state index contributed by atoms with van der Waals surface area (Å²) < 4.78 is 0.464. The normalized spacial score (nSPS) is 11.7. The molecule has 7 heteroatoms. The Labute approximate surface area is 158 Å². The van der Waals surface area contributed by atoms with Crippen molar-refractivity contribution in [2.75, 3.05) is 0 Å². The van der Waals surface area contributed by atoms with Gasteiger partial charge in [-0.1, -0.05) is 18.2 Å². The summed E-state index contributed by atoms with van der Waals surface area (Å²) >= 11 is 3.21. The Morgan fingerprint density at radius 2 is 1.77 bits per heavy atom. The first kappa shape index (κ1) is 17.6. The van der Waals surface area contributed by atoms with Gasteiger partial charge in [0.2, 0.25) is 11.5 Å². The van der Waals surface area contributed by atoms with Crippen LogP contribution in [0.3, 0.4) is 0 Å². The maximum absolute atomic E-state index is 9.90. The van der Waals surface area contributed by atoms with Crippen LogP contribution in [0.25, 0.3) is 0 Å². The van der Waals surface area contributed by atoms with Gasteiger partial charge in [0.25, 0.3) is 0 Å². The van der Waals surface area contributed by atoms with Gasteiger partial charge in [-0.15, -0.1) is 0 Å². The molecule has 6 nitrogen and oxygen atoms in total. The van der Waals surface area contributed by atoms with E-state index in [1.54, 1.807) is 12.3 Å². The highest BCUT2D eigenvalue weighted by Crippen LogP contribution is 2.30. The van der Waals surface area contributed by atoms with Crippen LogP contribution in [0, 0.1) is 0 Å². The molecule has 0 aliphatic carbocycles. The molecule has 3 aromatic rings. The van der Waals surface area contributed by atoms with Crippen molar-refractivity contribution in [1.82, 2.24) is 5.43 Å². The van der Waals surface area contributed by atoms with Crippen molar-refractivity contribution in [3.8, 4) is 11.5 Å². The minimum Gasteiger partial charge on any atom is -0.507 e. The molecule has 1 aromatic heterocycles. The lowest BCUT2D eigenvalue weighted by atomic mass is 10.2. The van der Waals surface area contributed by atoms with Crippen LogP contribution < -0.4 is 10.4 Å². The molecule has 130 valence electrons. The first-order chi connectivity index (χ1) is 12.6. The van der Waals surface area contributed by atoms with Gasteiger partial charge in [0.1, 0.15) is 11.5 Å². The van der Waals surface area contributed by atoms with Crippen LogP contribution in [0.4, 0.5) is 5.69 Å². The zero-order valence-corrected chi connectivity index (χ0v) is 15.2. The van der Waals surface area contributed by atoms with Crippen LogP contribution >= 0.6 is 15.9 Å². The van der Waals surface area contributed by atoms with Gasteiger partial charge >= 0.3 is 0 Å². The largest absolute Gasteiger partial charge is 0.507 e. The van der Waals surface area contributed by atoms with Gasteiger partial charge in [-0.3, -0.25) is 5.43 Å². The number of benzene rings is 2. The maximum atomic E-state index is 9.90. The number of pyridine rings is 1. The molecule has 0 aliphatic heterocycles. The van der Waals surface area contributed by atoms with Crippen molar-refractivity contribution in [3.63, 3.8) is 0 Å². The van der Waals surface area contributed by atoms with E-state index < -0.39 is 0 Å². The number of aromatic hydroxyl groups is 2. The lowest BCUT2D eigenvalue weighted by Crippen LogP contribution is -2.26. The predicted molar refractivity (Wildman–Crippen MR) is 104 cm³/mol. The smallest absolute Gasteiger partial charge is 0.248 e. The van der Waals surface area contributed by atoms with Crippen LogP contribution in [-0.4, -0.2) is 22.3 Å². The summed E-state index contributed by atoms with van der Waals surface area (Å²) in [4.78, 5) is 7.67. The standard InChI is InChI=1S/C19H15BrN4O2/c20-15-10-13(17(25)11-18(15)26)12-22-24-19(16-8-4-5-9-21-16)23-14-6-2-1-3-7-14/h1-12,25-26H,(H,23,24)/p+1/b22-12+. The molecule has 0 atom stereocenters. The third-order valence-electron chi connectivity index (χ3n) is 3.43. The van der Waals surface area contributed by atoms with Gasteiger partial charge in [-0.2, -0.15) is 5.10 Å². The zero-order chi connectivity index (χ0) is 18.4. The van der Waals surface area contributed by atoms with Gasteiger partial charge < -0.3 is 10.2 Å². The Bertz CT molecular complexity index is 945. The van der Waals surface area contributed by atoms with Crippen molar-refractivity contribution < 1.29 is 15.2 Å². The predicted octanol–water partition coefficient (Wildman–Crippen LogP) is 3.38. The Morgan fingerprint density at radius 1 is 1.00 bits per heavy atom. The number of para-hydroxylation sites is 1. The molecule has 1 heterocycles. The van der Waals surface area contributed by atoms with Crippen molar-refractivity contribution in [1.29, 1.82) is 0 Å². The van der Waals surface area contributed by atoms with Crippen LogP contribution in [0.15, 0.2) is 81.4 Å². The molecule has 0 radical (unpaired) electrons. The summed E-state index contributed by atoms with van der Waals surface area (Å²) in [6.07, 6.45) is 3.24. The summed E-state index contributed by atoms with van der Waals surface area (Å²) in [5.74, 6) is 0.396. The number of aromatic amines is 1. The molecule has 0 spiro atoms.